The van der Waals surface area contributed by atoms with Crippen LogP contribution >= 0.6 is 0 Å². The highest BCUT2D eigenvalue weighted by molar-refractivity contribution is 5.23. The van der Waals surface area contributed by atoms with Crippen LogP contribution in [-0.4, -0.2) is 0 Å². The third kappa shape index (κ3) is 3.97. The molecule has 0 saturated carbocycles. The Hall–Kier alpha value is -2.26. The van der Waals surface area contributed by atoms with Crippen molar-refractivity contribution in [3.63, 3.8) is 0 Å². The quantitative estimate of drug-likeness (QED) is 0.752. The first-order chi connectivity index (χ1) is 7.36. The van der Waals surface area contributed by atoms with Crippen molar-refractivity contribution < 1.29 is 0 Å². The van der Waals surface area contributed by atoms with Crippen molar-refractivity contribution >= 4 is 0 Å². The molecule has 0 aromatic heterocycles. The van der Waals surface area contributed by atoms with E-state index in [4.69, 9.17) is 10.5 Å². The lowest BCUT2D eigenvalue weighted by molar-refractivity contribution is 0.861. The van der Waals surface area contributed by atoms with Gasteiger partial charge in [0.25, 0.3) is 0 Å². The van der Waals surface area contributed by atoms with E-state index in [1.165, 1.54) is 0 Å². The number of hydrogen-bond acceptors (Lipinski definition) is 3. The van der Waals surface area contributed by atoms with Crippen LogP contribution in [-0.2, 0) is 6.54 Å². The van der Waals surface area contributed by atoms with E-state index in [0.717, 1.165) is 5.56 Å². The summed E-state index contributed by atoms with van der Waals surface area (Å²) in [6.45, 7) is 0.664. The molecule has 0 aliphatic carbocycles. The van der Waals surface area contributed by atoms with Gasteiger partial charge in [-0.3, -0.25) is 0 Å². The second-order valence-electron chi connectivity index (χ2n) is 2.98. The summed E-state index contributed by atoms with van der Waals surface area (Å²) in [6, 6.07) is 13.8. The topological polar surface area (TPSA) is 59.6 Å². The maximum absolute atomic E-state index is 8.64. The van der Waals surface area contributed by atoms with Gasteiger partial charge in [-0.05, 0) is 5.56 Å². The van der Waals surface area contributed by atoms with Gasteiger partial charge in [0.1, 0.15) is 0 Å². The van der Waals surface area contributed by atoms with Crippen molar-refractivity contribution in [2.24, 2.45) is 0 Å². The molecule has 0 heterocycles. The predicted molar refractivity (Wildman–Crippen MR) is 57.2 cm³/mol. The lowest BCUT2D eigenvalue weighted by Gasteiger charge is -2.00. The second kappa shape index (κ2) is 6.23. The highest BCUT2D eigenvalue weighted by Crippen LogP contribution is 1.99. The summed E-state index contributed by atoms with van der Waals surface area (Å²) in [5.74, 6) is 0. The first-order valence-corrected chi connectivity index (χ1v) is 4.60. The number of hydrogen-bond donors (Lipinski definition) is 1. The Labute approximate surface area is 89.3 Å². The van der Waals surface area contributed by atoms with Gasteiger partial charge in [0.2, 0.25) is 0 Å². The molecule has 0 bridgehead atoms. The van der Waals surface area contributed by atoms with E-state index in [9.17, 15) is 0 Å². The van der Waals surface area contributed by atoms with Crippen LogP contribution in [0.4, 0.5) is 0 Å². The molecule has 0 amide bonds. The number of nitrogens with one attached hydrogen (secondary N) is 1. The molecule has 15 heavy (non-hydrogen) atoms. The lowest BCUT2D eigenvalue weighted by Crippen LogP contribution is -2.05. The Morgan fingerprint density at radius 3 is 2.60 bits per heavy atom. The second-order valence-corrected chi connectivity index (χ2v) is 2.98. The van der Waals surface area contributed by atoms with Gasteiger partial charge in [-0.1, -0.05) is 30.3 Å². The van der Waals surface area contributed by atoms with Gasteiger partial charge in [-0.25, -0.2) is 0 Å². The number of nitriles is 2. The van der Waals surface area contributed by atoms with Crippen molar-refractivity contribution in [2.45, 2.75) is 13.0 Å². The van der Waals surface area contributed by atoms with E-state index in [0.29, 0.717) is 12.1 Å². The van der Waals surface area contributed by atoms with Crippen molar-refractivity contribution in [1.82, 2.24) is 5.32 Å². The molecular formula is C12H11N3. The van der Waals surface area contributed by atoms with Gasteiger partial charge < -0.3 is 5.32 Å². The molecule has 1 aromatic carbocycles. The number of allylic oxidation sites excluding steroid dienone is 1. The lowest BCUT2D eigenvalue weighted by atomic mass is 10.2. The molecule has 3 nitrogen and oxygen atoms in total. The van der Waals surface area contributed by atoms with Gasteiger partial charge >= 0.3 is 0 Å². The van der Waals surface area contributed by atoms with Gasteiger partial charge in [-0.15, -0.1) is 0 Å². The molecule has 1 N–H and O–H groups in total. The first-order valence-electron chi connectivity index (χ1n) is 4.60. The molecular weight excluding hydrogens is 186 g/mol. The van der Waals surface area contributed by atoms with Crippen molar-refractivity contribution in [3.8, 4) is 12.1 Å². The van der Waals surface area contributed by atoms with Crippen LogP contribution < -0.4 is 5.32 Å². The fourth-order valence-electron chi connectivity index (χ4n) is 1.10. The fourth-order valence-corrected chi connectivity index (χ4v) is 1.10. The molecule has 0 spiro atoms. The Kier molecular flexibility index (Phi) is 4.50. The molecule has 0 radical (unpaired) electrons. The first kappa shape index (κ1) is 10.8. The standard InChI is InChI=1S/C12H11N3/c13-7-6-12(8-14)10-15-9-11-4-2-1-3-5-11/h1-5,10,15H,6,9H2/b12-10-. The Balaban J connectivity index is 2.46. The highest BCUT2D eigenvalue weighted by Gasteiger charge is 1.93. The zero-order valence-electron chi connectivity index (χ0n) is 8.27. The minimum absolute atomic E-state index is 0.151. The van der Waals surface area contributed by atoms with Gasteiger partial charge in [0.05, 0.1) is 24.1 Å². The maximum atomic E-state index is 8.64. The average molecular weight is 197 g/mol. The molecule has 3 heteroatoms. The highest BCUT2D eigenvalue weighted by atomic mass is 14.8. The number of rotatable bonds is 4. The molecule has 0 unspecified atom stereocenters. The molecule has 1 aromatic rings. The summed E-state index contributed by atoms with van der Waals surface area (Å²) in [6.07, 6.45) is 1.74. The van der Waals surface area contributed by atoms with Crippen LogP contribution in [0.3, 0.4) is 0 Å². The summed E-state index contributed by atoms with van der Waals surface area (Å²) in [4.78, 5) is 0. The molecule has 74 valence electrons. The van der Waals surface area contributed by atoms with Gasteiger partial charge in [-0.2, -0.15) is 10.5 Å². The van der Waals surface area contributed by atoms with Crippen LogP contribution in [0.25, 0.3) is 0 Å². The maximum Gasteiger partial charge on any atom is 0.0973 e. The fraction of sp³-hybridized carbons (Fsp3) is 0.167. The largest absolute Gasteiger partial charge is 0.386 e. The Morgan fingerprint density at radius 1 is 1.27 bits per heavy atom. The van der Waals surface area contributed by atoms with Crippen LogP contribution in [0.5, 0.6) is 0 Å². The Bertz CT molecular complexity index is 407. The summed E-state index contributed by atoms with van der Waals surface area (Å²) in [5, 5.41) is 20.1. The summed E-state index contributed by atoms with van der Waals surface area (Å²) >= 11 is 0. The van der Waals surface area contributed by atoms with E-state index in [-0.39, 0.29) is 6.42 Å². The normalized spacial score (nSPS) is 10.1. The van der Waals surface area contributed by atoms with Crippen LogP contribution in [0.15, 0.2) is 42.1 Å². The van der Waals surface area contributed by atoms with Crippen LogP contribution in [0.1, 0.15) is 12.0 Å². The van der Waals surface area contributed by atoms with Crippen molar-refractivity contribution in [3.05, 3.63) is 47.7 Å². The monoisotopic (exact) mass is 197 g/mol. The van der Waals surface area contributed by atoms with Gasteiger partial charge in [0.15, 0.2) is 0 Å². The van der Waals surface area contributed by atoms with Crippen molar-refractivity contribution in [2.75, 3.05) is 0 Å². The molecule has 0 aliphatic heterocycles. The number of benzene rings is 1. The van der Waals surface area contributed by atoms with E-state index in [2.05, 4.69) is 5.32 Å². The molecule has 0 saturated heterocycles. The van der Waals surface area contributed by atoms with Crippen LogP contribution in [0.2, 0.25) is 0 Å². The molecule has 0 aliphatic rings. The van der Waals surface area contributed by atoms with E-state index < -0.39 is 0 Å². The van der Waals surface area contributed by atoms with Crippen molar-refractivity contribution in [1.29, 1.82) is 10.5 Å². The van der Waals surface area contributed by atoms with Crippen LogP contribution in [0, 0.1) is 22.7 Å². The van der Waals surface area contributed by atoms with E-state index >= 15 is 0 Å². The predicted octanol–water partition coefficient (Wildman–Crippen LogP) is 2.10. The zero-order valence-corrected chi connectivity index (χ0v) is 8.27. The molecule has 0 fully saturated rings. The third-order valence-corrected chi connectivity index (χ3v) is 1.84. The summed E-state index contributed by atoms with van der Waals surface area (Å²) in [7, 11) is 0. The Morgan fingerprint density at radius 2 is 2.00 bits per heavy atom. The molecule has 0 atom stereocenters. The smallest absolute Gasteiger partial charge is 0.0973 e. The molecule has 1 rings (SSSR count). The third-order valence-electron chi connectivity index (χ3n) is 1.84. The zero-order chi connectivity index (χ0) is 10.9. The van der Waals surface area contributed by atoms with E-state index in [1.807, 2.05) is 42.5 Å². The summed E-state index contributed by atoms with van der Waals surface area (Å²) < 4.78 is 0. The van der Waals surface area contributed by atoms with E-state index in [1.54, 1.807) is 6.20 Å². The minimum Gasteiger partial charge on any atom is -0.386 e. The van der Waals surface area contributed by atoms with Gasteiger partial charge in [0, 0.05) is 12.7 Å². The summed E-state index contributed by atoms with van der Waals surface area (Å²) in [5.41, 5.74) is 1.59. The SMILES string of the molecule is N#CC/C(C#N)=C/NCc1ccccc1. The minimum atomic E-state index is 0.151. The number of nitrogens with zero attached hydrogens (tertiary/aromatic N) is 2. The average Bonchev–Trinajstić information content (AvgIpc) is 2.29.